The highest BCUT2D eigenvalue weighted by Gasteiger charge is 2.14. The van der Waals surface area contributed by atoms with E-state index in [4.69, 9.17) is 5.73 Å². The third kappa shape index (κ3) is 3.71. The highest BCUT2D eigenvalue weighted by atomic mass is 15.3. The number of benzene rings is 1. The van der Waals surface area contributed by atoms with Gasteiger partial charge in [0.25, 0.3) is 0 Å². The lowest BCUT2D eigenvalue weighted by Crippen LogP contribution is -2.15. The van der Waals surface area contributed by atoms with Gasteiger partial charge in [0.1, 0.15) is 6.07 Å². The van der Waals surface area contributed by atoms with Crippen molar-refractivity contribution in [1.82, 2.24) is 19.5 Å². The van der Waals surface area contributed by atoms with Crippen molar-refractivity contribution >= 4 is 23.5 Å². The molecular weight excluding hydrogens is 350 g/mol. The van der Waals surface area contributed by atoms with Gasteiger partial charge in [-0.25, -0.2) is 0 Å². The molecule has 1 aromatic carbocycles. The molecule has 0 aliphatic rings. The van der Waals surface area contributed by atoms with E-state index in [1.54, 1.807) is 11.0 Å². The summed E-state index contributed by atoms with van der Waals surface area (Å²) in [6.45, 7) is 6.14. The van der Waals surface area contributed by atoms with Crippen molar-refractivity contribution in [2.45, 2.75) is 20.8 Å². The summed E-state index contributed by atoms with van der Waals surface area (Å²) in [4.78, 5) is 14.3. The number of anilines is 2. The number of nitriles is 1. The van der Waals surface area contributed by atoms with Gasteiger partial charge in [-0.1, -0.05) is 17.7 Å². The van der Waals surface area contributed by atoms with Gasteiger partial charge in [0.2, 0.25) is 11.9 Å². The van der Waals surface area contributed by atoms with Crippen molar-refractivity contribution in [3.63, 3.8) is 0 Å². The summed E-state index contributed by atoms with van der Waals surface area (Å²) >= 11 is 0. The van der Waals surface area contributed by atoms with E-state index in [0.717, 1.165) is 22.6 Å². The van der Waals surface area contributed by atoms with Crippen LogP contribution in [0.1, 0.15) is 28.3 Å². The minimum absolute atomic E-state index is 0.0833. The average Bonchev–Trinajstić information content (AvgIpc) is 2.93. The molecule has 0 aliphatic carbocycles. The van der Waals surface area contributed by atoms with Crippen molar-refractivity contribution in [1.29, 1.82) is 5.26 Å². The van der Waals surface area contributed by atoms with Gasteiger partial charge in [0, 0.05) is 31.2 Å². The SMILES string of the molecule is Cc1ccc(-n2c(C)cc(C=C(C#N)c3nc(N)nc(N(C)C)n3)c2C)cc1. The van der Waals surface area contributed by atoms with Crippen LogP contribution in [-0.2, 0) is 0 Å². The van der Waals surface area contributed by atoms with Crippen LogP contribution in [0.3, 0.4) is 0 Å². The quantitative estimate of drug-likeness (QED) is 0.705. The van der Waals surface area contributed by atoms with Crippen LogP contribution in [0, 0.1) is 32.1 Å². The lowest BCUT2D eigenvalue weighted by Gasteiger charge is -2.11. The summed E-state index contributed by atoms with van der Waals surface area (Å²) in [5, 5.41) is 9.70. The second kappa shape index (κ2) is 7.53. The molecule has 2 heterocycles. The summed E-state index contributed by atoms with van der Waals surface area (Å²) in [6, 6.07) is 12.6. The molecule has 2 aromatic heterocycles. The fourth-order valence-electron chi connectivity index (χ4n) is 3.03. The third-order valence-corrected chi connectivity index (χ3v) is 4.46. The second-order valence-corrected chi connectivity index (χ2v) is 6.88. The first kappa shape index (κ1) is 19.1. The van der Waals surface area contributed by atoms with E-state index in [-0.39, 0.29) is 11.8 Å². The predicted octanol–water partition coefficient (Wildman–Crippen LogP) is 3.30. The molecule has 0 spiro atoms. The Bertz CT molecular complexity index is 1080. The first-order valence-corrected chi connectivity index (χ1v) is 8.87. The zero-order chi connectivity index (χ0) is 20.4. The fraction of sp³-hybridized carbons (Fsp3) is 0.238. The molecule has 142 valence electrons. The van der Waals surface area contributed by atoms with Crippen LogP contribution in [0.4, 0.5) is 11.9 Å². The third-order valence-electron chi connectivity index (χ3n) is 4.46. The van der Waals surface area contributed by atoms with Gasteiger partial charge in [-0.05, 0) is 50.6 Å². The normalized spacial score (nSPS) is 11.4. The van der Waals surface area contributed by atoms with E-state index in [2.05, 4.69) is 56.8 Å². The van der Waals surface area contributed by atoms with Gasteiger partial charge in [-0.3, -0.25) is 0 Å². The average molecular weight is 373 g/mol. The minimum atomic E-state index is 0.0833. The maximum Gasteiger partial charge on any atom is 0.230 e. The highest BCUT2D eigenvalue weighted by molar-refractivity contribution is 5.88. The molecule has 0 aliphatic heterocycles. The topological polar surface area (TPSA) is 96.6 Å². The molecular formula is C21H23N7. The van der Waals surface area contributed by atoms with Crippen molar-refractivity contribution in [2.24, 2.45) is 0 Å². The Hall–Kier alpha value is -3.66. The van der Waals surface area contributed by atoms with Crippen molar-refractivity contribution in [3.8, 4) is 11.8 Å². The highest BCUT2D eigenvalue weighted by Crippen LogP contribution is 2.25. The van der Waals surface area contributed by atoms with E-state index in [1.807, 2.05) is 34.0 Å². The maximum atomic E-state index is 9.70. The number of aryl methyl sites for hydroxylation is 2. The predicted molar refractivity (Wildman–Crippen MR) is 112 cm³/mol. The lowest BCUT2D eigenvalue weighted by atomic mass is 10.1. The van der Waals surface area contributed by atoms with E-state index >= 15 is 0 Å². The number of nitrogen functional groups attached to an aromatic ring is 1. The Morgan fingerprint density at radius 3 is 2.39 bits per heavy atom. The van der Waals surface area contributed by atoms with Crippen LogP contribution in [0.5, 0.6) is 0 Å². The summed E-state index contributed by atoms with van der Waals surface area (Å²) in [6.07, 6.45) is 1.79. The zero-order valence-corrected chi connectivity index (χ0v) is 16.7. The number of aromatic nitrogens is 4. The minimum Gasteiger partial charge on any atom is -0.368 e. The van der Waals surface area contributed by atoms with Crippen LogP contribution in [0.25, 0.3) is 17.3 Å². The van der Waals surface area contributed by atoms with Gasteiger partial charge in [0.05, 0.1) is 5.57 Å². The molecule has 7 heteroatoms. The Balaban J connectivity index is 2.09. The number of hydrogen-bond acceptors (Lipinski definition) is 6. The van der Waals surface area contributed by atoms with Gasteiger partial charge in [0.15, 0.2) is 5.82 Å². The van der Waals surface area contributed by atoms with Crippen LogP contribution in [0.15, 0.2) is 30.3 Å². The molecule has 0 saturated carbocycles. The van der Waals surface area contributed by atoms with Gasteiger partial charge >= 0.3 is 0 Å². The molecule has 0 amide bonds. The summed E-state index contributed by atoms with van der Waals surface area (Å²) in [7, 11) is 3.62. The van der Waals surface area contributed by atoms with E-state index in [0.29, 0.717) is 11.5 Å². The first-order chi connectivity index (χ1) is 13.3. The molecule has 2 N–H and O–H groups in total. The molecule has 0 radical (unpaired) electrons. The zero-order valence-electron chi connectivity index (χ0n) is 16.7. The Kier molecular flexibility index (Phi) is 5.14. The largest absolute Gasteiger partial charge is 0.368 e. The Morgan fingerprint density at radius 1 is 1.11 bits per heavy atom. The molecule has 3 aromatic rings. The van der Waals surface area contributed by atoms with Crippen LogP contribution in [0.2, 0.25) is 0 Å². The Morgan fingerprint density at radius 2 is 1.79 bits per heavy atom. The number of allylic oxidation sites excluding steroid dienone is 1. The van der Waals surface area contributed by atoms with Crippen LogP contribution in [-0.4, -0.2) is 33.6 Å². The molecule has 0 bridgehead atoms. The standard InChI is InChI=1S/C21H23N7/c1-13-6-8-18(9-7-13)28-14(2)10-16(15(28)3)11-17(12-22)19-24-20(23)26-21(25-19)27(4)5/h6-11H,1-5H3,(H2,23,24,25,26). The summed E-state index contributed by atoms with van der Waals surface area (Å²) in [5.41, 5.74) is 11.5. The van der Waals surface area contributed by atoms with Gasteiger partial charge in [-0.2, -0.15) is 20.2 Å². The maximum absolute atomic E-state index is 9.70. The summed E-state index contributed by atoms with van der Waals surface area (Å²) in [5.74, 6) is 0.757. The van der Waals surface area contributed by atoms with E-state index in [1.165, 1.54) is 5.56 Å². The van der Waals surface area contributed by atoms with E-state index in [9.17, 15) is 5.26 Å². The Labute approximate surface area is 164 Å². The molecule has 3 rings (SSSR count). The first-order valence-electron chi connectivity index (χ1n) is 8.87. The van der Waals surface area contributed by atoms with Gasteiger partial charge < -0.3 is 15.2 Å². The summed E-state index contributed by atoms with van der Waals surface area (Å²) < 4.78 is 2.16. The lowest BCUT2D eigenvalue weighted by molar-refractivity contribution is 0.951. The second-order valence-electron chi connectivity index (χ2n) is 6.88. The van der Waals surface area contributed by atoms with Gasteiger partial charge in [-0.15, -0.1) is 0 Å². The molecule has 28 heavy (non-hydrogen) atoms. The number of nitrogens with two attached hydrogens (primary N) is 1. The van der Waals surface area contributed by atoms with Crippen molar-refractivity contribution < 1.29 is 0 Å². The number of nitrogens with zero attached hydrogens (tertiary/aromatic N) is 6. The smallest absolute Gasteiger partial charge is 0.230 e. The molecule has 0 unspecified atom stereocenters. The molecule has 0 fully saturated rings. The van der Waals surface area contributed by atoms with Crippen molar-refractivity contribution in [3.05, 3.63) is 58.7 Å². The van der Waals surface area contributed by atoms with Crippen LogP contribution >= 0.6 is 0 Å². The molecule has 7 nitrogen and oxygen atoms in total. The monoisotopic (exact) mass is 373 g/mol. The number of rotatable bonds is 4. The molecule has 0 saturated heterocycles. The molecule has 0 atom stereocenters. The van der Waals surface area contributed by atoms with Crippen molar-refractivity contribution in [2.75, 3.05) is 24.7 Å². The van der Waals surface area contributed by atoms with E-state index < -0.39 is 0 Å². The number of hydrogen-bond donors (Lipinski definition) is 1. The fourth-order valence-corrected chi connectivity index (χ4v) is 3.03. The van der Waals surface area contributed by atoms with Crippen LogP contribution < -0.4 is 10.6 Å².